The van der Waals surface area contributed by atoms with Gasteiger partial charge in [0.15, 0.2) is 0 Å². The molecule has 13 heteroatoms. The molecular formula is C13H14N6O6S. The molecule has 3 heterocycles. The van der Waals surface area contributed by atoms with Gasteiger partial charge in [0.1, 0.15) is 36.6 Å². The van der Waals surface area contributed by atoms with E-state index < -0.39 is 35.2 Å². The summed E-state index contributed by atoms with van der Waals surface area (Å²) in [6, 6.07) is -0.839. The lowest BCUT2D eigenvalue weighted by Gasteiger charge is -2.49. The molecule has 0 bridgehead atoms. The van der Waals surface area contributed by atoms with Crippen LogP contribution in [0.5, 0.6) is 0 Å². The molecule has 1 saturated heterocycles. The standard InChI is InChI=1S/C13H14N6O6S/c1-6(20)25-3-7-4-26-12-9(11(22)19(12)10(7)13(23)24)15-8(21)2-18-5-14-16-17-18/h5,9,12H,2-4H2,1H3,(H,15,21)(H,23,24). The lowest BCUT2D eigenvalue weighted by Crippen LogP contribution is -2.70. The fourth-order valence-corrected chi connectivity index (χ4v) is 3.93. The van der Waals surface area contributed by atoms with Crippen LogP contribution in [0.2, 0.25) is 0 Å². The van der Waals surface area contributed by atoms with Crippen molar-refractivity contribution in [1.29, 1.82) is 0 Å². The first kappa shape index (κ1) is 17.8. The van der Waals surface area contributed by atoms with Crippen molar-refractivity contribution in [3.05, 3.63) is 17.6 Å². The highest BCUT2D eigenvalue weighted by Gasteiger charge is 2.54. The van der Waals surface area contributed by atoms with E-state index in [1.807, 2.05) is 0 Å². The van der Waals surface area contributed by atoms with Crippen molar-refractivity contribution in [2.24, 2.45) is 0 Å². The third kappa shape index (κ3) is 3.37. The van der Waals surface area contributed by atoms with Gasteiger partial charge >= 0.3 is 11.9 Å². The molecule has 2 atom stereocenters. The molecule has 2 N–H and O–H groups in total. The number of carbonyl (C=O) groups excluding carboxylic acids is 3. The first-order chi connectivity index (χ1) is 12.4. The first-order valence-electron chi connectivity index (χ1n) is 7.42. The van der Waals surface area contributed by atoms with Gasteiger partial charge in [-0.1, -0.05) is 0 Å². The number of tetrazole rings is 1. The predicted molar refractivity (Wildman–Crippen MR) is 84.1 cm³/mol. The Bertz CT molecular complexity index is 793. The smallest absolute Gasteiger partial charge is 0.352 e. The van der Waals surface area contributed by atoms with Gasteiger partial charge in [0.2, 0.25) is 5.91 Å². The number of hydrogen-bond donors (Lipinski definition) is 2. The molecule has 1 aromatic rings. The number of rotatable bonds is 6. The second-order valence-corrected chi connectivity index (χ2v) is 6.60. The molecule has 1 aromatic heterocycles. The van der Waals surface area contributed by atoms with E-state index in [0.717, 1.165) is 4.90 Å². The van der Waals surface area contributed by atoms with Gasteiger partial charge in [-0.2, -0.15) is 0 Å². The topological polar surface area (TPSA) is 157 Å². The number of esters is 1. The van der Waals surface area contributed by atoms with Crippen molar-refractivity contribution in [1.82, 2.24) is 30.4 Å². The zero-order valence-electron chi connectivity index (χ0n) is 13.5. The summed E-state index contributed by atoms with van der Waals surface area (Å²) in [6.45, 7) is 0.856. The monoisotopic (exact) mass is 382 g/mol. The van der Waals surface area contributed by atoms with Gasteiger partial charge in [-0.05, 0) is 10.4 Å². The molecule has 138 valence electrons. The number of hydrogen-bond acceptors (Lipinski definition) is 9. The van der Waals surface area contributed by atoms with E-state index in [0.29, 0.717) is 5.57 Å². The molecule has 12 nitrogen and oxygen atoms in total. The molecular weight excluding hydrogens is 368 g/mol. The first-order valence-corrected chi connectivity index (χ1v) is 8.47. The summed E-state index contributed by atoms with van der Waals surface area (Å²) in [4.78, 5) is 48.0. The lowest BCUT2D eigenvalue weighted by molar-refractivity contribution is -0.151. The zero-order valence-corrected chi connectivity index (χ0v) is 14.3. The van der Waals surface area contributed by atoms with E-state index in [4.69, 9.17) is 4.74 Å². The second kappa shape index (κ2) is 7.11. The number of aliphatic carboxylic acids is 1. The minimum Gasteiger partial charge on any atom is -0.477 e. The molecule has 0 aromatic carbocycles. The number of aromatic nitrogens is 4. The van der Waals surface area contributed by atoms with Crippen molar-refractivity contribution >= 4 is 35.5 Å². The van der Waals surface area contributed by atoms with E-state index in [1.165, 1.54) is 29.7 Å². The number of carbonyl (C=O) groups is 4. The maximum atomic E-state index is 12.4. The van der Waals surface area contributed by atoms with Gasteiger partial charge in [-0.3, -0.25) is 19.3 Å². The predicted octanol–water partition coefficient (Wildman–Crippen LogP) is -2.03. The van der Waals surface area contributed by atoms with Crippen LogP contribution in [-0.2, 0) is 30.5 Å². The number of fused-ring (bicyclic) bond motifs is 1. The molecule has 1 fully saturated rings. The van der Waals surface area contributed by atoms with Gasteiger partial charge in [-0.25, -0.2) is 9.48 Å². The maximum Gasteiger partial charge on any atom is 0.352 e. The highest BCUT2D eigenvalue weighted by Crippen LogP contribution is 2.40. The fraction of sp³-hybridized carbons (Fsp3) is 0.462. The van der Waals surface area contributed by atoms with Gasteiger partial charge in [0.25, 0.3) is 5.91 Å². The molecule has 2 unspecified atom stereocenters. The fourth-order valence-electron chi connectivity index (χ4n) is 2.60. The van der Waals surface area contributed by atoms with Crippen LogP contribution in [0.3, 0.4) is 0 Å². The van der Waals surface area contributed by atoms with E-state index in [1.54, 1.807) is 0 Å². The number of carboxylic acid groups (broad SMARTS) is 1. The Morgan fingerprint density at radius 1 is 1.46 bits per heavy atom. The number of amides is 2. The summed E-state index contributed by atoms with van der Waals surface area (Å²) in [5.41, 5.74) is 0.131. The zero-order chi connectivity index (χ0) is 18.8. The van der Waals surface area contributed by atoms with Crippen LogP contribution in [0.15, 0.2) is 17.6 Å². The Hall–Kier alpha value is -2.96. The van der Waals surface area contributed by atoms with Crippen LogP contribution in [0.25, 0.3) is 0 Å². The lowest BCUT2D eigenvalue weighted by atomic mass is 10.0. The quantitative estimate of drug-likeness (QED) is 0.415. The van der Waals surface area contributed by atoms with Gasteiger partial charge in [0.05, 0.1) is 0 Å². The third-order valence-corrected chi connectivity index (χ3v) is 5.05. The van der Waals surface area contributed by atoms with Crippen molar-refractivity contribution in [3.63, 3.8) is 0 Å². The van der Waals surface area contributed by atoms with E-state index in [9.17, 15) is 24.3 Å². The largest absolute Gasteiger partial charge is 0.477 e. The summed E-state index contributed by atoms with van der Waals surface area (Å²) in [6.07, 6.45) is 1.26. The van der Waals surface area contributed by atoms with Crippen LogP contribution in [-0.4, -0.2) is 77.7 Å². The molecule has 0 radical (unpaired) electrons. The average molecular weight is 382 g/mol. The summed E-state index contributed by atoms with van der Waals surface area (Å²) in [7, 11) is 0. The minimum atomic E-state index is -1.29. The normalized spacial score (nSPS) is 21.7. The van der Waals surface area contributed by atoms with Crippen molar-refractivity contribution in [2.45, 2.75) is 24.9 Å². The molecule has 2 aliphatic rings. The number of nitrogens with zero attached hydrogens (tertiary/aromatic N) is 5. The average Bonchev–Trinajstić information content (AvgIpc) is 3.09. The van der Waals surface area contributed by atoms with Crippen molar-refractivity contribution < 1.29 is 29.0 Å². The van der Waals surface area contributed by atoms with Gasteiger partial charge < -0.3 is 15.2 Å². The molecule has 0 saturated carbocycles. The van der Waals surface area contributed by atoms with Crippen molar-refractivity contribution in [3.8, 4) is 0 Å². The summed E-state index contributed by atoms with van der Waals surface area (Å²) < 4.78 is 6.05. The number of carboxylic acids is 1. The van der Waals surface area contributed by atoms with Crippen LogP contribution >= 0.6 is 11.8 Å². The summed E-state index contributed by atoms with van der Waals surface area (Å²) >= 11 is 1.29. The molecule has 0 spiro atoms. The highest BCUT2D eigenvalue weighted by molar-refractivity contribution is 8.00. The molecule has 0 aliphatic carbocycles. The maximum absolute atomic E-state index is 12.4. The second-order valence-electron chi connectivity index (χ2n) is 5.50. The van der Waals surface area contributed by atoms with E-state index >= 15 is 0 Å². The molecule has 3 rings (SSSR count). The Morgan fingerprint density at radius 2 is 2.23 bits per heavy atom. The van der Waals surface area contributed by atoms with Crippen LogP contribution < -0.4 is 5.32 Å². The van der Waals surface area contributed by atoms with Crippen LogP contribution in [0.4, 0.5) is 0 Å². The number of thioether (sulfide) groups is 1. The molecule has 26 heavy (non-hydrogen) atoms. The summed E-state index contributed by atoms with van der Waals surface area (Å²) in [5, 5.41) is 21.8. The van der Waals surface area contributed by atoms with Crippen LogP contribution in [0, 0.1) is 0 Å². The van der Waals surface area contributed by atoms with Crippen LogP contribution in [0.1, 0.15) is 6.92 Å². The summed E-state index contributed by atoms with van der Waals surface area (Å²) in [5.74, 6) is -2.57. The van der Waals surface area contributed by atoms with E-state index in [-0.39, 0.29) is 24.6 Å². The number of nitrogens with one attached hydrogen (secondary N) is 1. The SMILES string of the molecule is CC(=O)OCC1=C(C(=O)O)N2C(=O)C(NC(=O)Cn3cnnn3)C2SC1. The van der Waals surface area contributed by atoms with E-state index in [2.05, 4.69) is 20.8 Å². The number of ether oxygens (including phenoxy) is 1. The third-order valence-electron chi connectivity index (χ3n) is 3.71. The Kier molecular flexibility index (Phi) is 4.88. The highest BCUT2D eigenvalue weighted by atomic mass is 32.2. The Labute approximate surface area is 150 Å². The molecule has 2 aliphatic heterocycles. The van der Waals surface area contributed by atoms with Gasteiger partial charge in [0, 0.05) is 18.2 Å². The Morgan fingerprint density at radius 3 is 2.85 bits per heavy atom. The number of β-lactam (4-membered cyclic amide) rings is 1. The minimum absolute atomic E-state index is 0.159. The van der Waals surface area contributed by atoms with Gasteiger partial charge in [-0.15, -0.1) is 16.9 Å². The Balaban J connectivity index is 1.69. The van der Waals surface area contributed by atoms with Crippen molar-refractivity contribution in [2.75, 3.05) is 12.4 Å². The molecule has 2 amide bonds.